The number of benzene rings is 1. The lowest BCUT2D eigenvalue weighted by atomic mass is 10.2. The van der Waals surface area contributed by atoms with E-state index < -0.39 is 10.0 Å². The van der Waals surface area contributed by atoms with Gasteiger partial charge >= 0.3 is 0 Å². The summed E-state index contributed by atoms with van der Waals surface area (Å²) in [6.07, 6.45) is 1.52. The molecule has 0 saturated carbocycles. The molecule has 8 nitrogen and oxygen atoms in total. The number of H-pyrrole nitrogens is 1. The predicted molar refractivity (Wildman–Crippen MR) is 98.5 cm³/mol. The Kier molecular flexibility index (Phi) is 4.75. The van der Waals surface area contributed by atoms with Crippen LogP contribution < -0.4 is 10.0 Å². The summed E-state index contributed by atoms with van der Waals surface area (Å²) in [6.45, 7) is 5.35. The molecule has 1 aromatic carbocycles. The molecular weight excluding hydrogens is 354 g/mol. The summed E-state index contributed by atoms with van der Waals surface area (Å²) in [5.41, 5.74) is 2.31. The number of amides is 1. The van der Waals surface area contributed by atoms with Crippen LogP contribution in [-0.2, 0) is 10.0 Å². The molecule has 3 rings (SSSR count). The molecule has 1 amide bonds. The van der Waals surface area contributed by atoms with Crippen LogP contribution in [-0.4, -0.2) is 35.5 Å². The van der Waals surface area contributed by atoms with E-state index in [0.717, 1.165) is 11.1 Å². The van der Waals surface area contributed by atoms with Crippen molar-refractivity contribution in [3.63, 3.8) is 0 Å². The highest BCUT2D eigenvalue weighted by molar-refractivity contribution is 7.89. The number of rotatable bonds is 5. The number of fused-ring (bicyclic) bond motifs is 1. The molecule has 2 heterocycles. The molecule has 136 valence electrons. The van der Waals surface area contributed by atoms with Gasteiger partial charge in [-0.2, -0.15) is 5.10 Å². The second-order valence-electron chi connectivity index (χ2n) is 6.20. The molecule has 2 aromatic heterocycles. The lowest BCUT2D eigenvalue weighted by Crippen LogP contribution is -2.30. The van der Waals surface area contributed by atoms with E-state index in [4.69, 9.17) is 0 Å². The first kappa shape index (κ1) is 18.0. The highest BCUT2D eigenvalue weighted by atomic mass is 32.2. The molecule has 3 N–H and O–H groups in total. The van der Waals surface area contributed by atoms with E-state index in [0.29, 0.717) is 16.9 Å². The molecular formula is C17H19N5O3S. The summed E-state index contributed by atoms with van der Waals surface area (Å²) in [7, 11) is -3.59. The summed E-state index contributed by atoms with van der Waals surface area (Å²) in [4.78, 5) is 16.7. The number of aryl methyl sites for hydroxylation is 1. The van der Waals surface area contributed by atoms with E-state index in [2.05, 4.69) is 25.2 Å². The van der Waals surface area contributed by atoms with Gasteiger partial charge in [-0.1, -0.05) is 0 Å². The molecule has 3 aromatic rings. The van der Waals surface area contributed by atoms with Crippen LogP contribution >= 0.6 is 0 Å². The number of pyridine rings is 1. The highest BCUT2D eigenvalue weighted by Gasteiger charge is 2.16. The Labute approximate surface area is 151 Å². The van der Waals surface area contributed by atoms with Gasteiger partial charge in [-0.15, -0.1) is 0 Å². The van der Waals surface area contributed by atoms with Gasteiger partial charge in [-0.25, -0.2) is 18.1 Å². The molecule has 0 unspecified atom stereocenters. The quantitative estimate of drug-likeness (QED) is 0.634. The number of carbonyl (C=O) groups excluding carboxylic acids is 1. The van der Waals surface area contributed by atoms with Gasteiger partial charge in [0.15, 0.2) is 5.65 Å². The average Bonchev–Trinajstić information content (AvgIpc) is 2.95. The molecule has 0 aliphatic rings. The maximum atomic E-state index is 12.4. The zero-order valence-corrected chi connectivity index (χ0v) is 15.4. The van der Waals surface area contributed by atoms with Crippen molar-refractivity contribution in [1.29, 1.82) is 0 Å². The van der Waals surface area contributed by atoms with E-state index in [1.54, 1.807) is 19.9 Å². The Morgan fingerprint density at radius 2 is 1.88 bits per heavy atom. The Bertz CT molecular complexity index is 1060. The topological polar surface area (TPSA) is 117 Å². The third kappa shape index (κ3) is 3.73. The van der Waals surface area contributed by atoms with Gasteiger partial charge in [-0.3, -0.25) is 9.89 Å². The lowest BCUT2D eigenvalue weighted by molar-refractivity contribution is 0.102. The van der Waals surface area contributed by atoms with Crippen molar-refractivity contribution in [2.45, 2.75) is 31.7 Å². The minimum absolute atomic E-state index is 0.111. The van der Waals surface area contributed by atoms with E-state index in [1.807, 2.05) is 6.92 Å². The molecule has 0 bridgehead atoms. The number of aromatic amines is 1. The van der Waals surface area contributed by atoms with Crippen LogP contribution in [0.25, 0.3) is 11.0 Å². The highest BCUT2D eigenvalue weighted by Crippen LogP contribution is 2.18. The zero-order valence-electron chi connectivity index (χ0n) is 14.6. The number of hydrogen-bond donors (Lipinski definition) is 3. The van der Waals surface area contributed by atoms with Gasteiger partial charge in [0.25, 0.3) is 5.91 Å². The number of hydrogen-bond acceptors (Lipinski definition) is 5. The molecule has 0 radical (unpaired) electrons. The van der Waals surface area contributed by atoms with Crippen molar-refractivity contribution in [2.24, 2.45) is 0 Å². The van der Waals surface area contributed by atoms with E-state index >= 15 is 0 Å². The first-order valence-corrected chi connectivity index (χ1v) is 9.49. The summed E-state index contributed by atoms with van der Waals surface area (Å²) in [5.74, 6) is -0.354. The van der Waals surface area contributed by atoms with Crippen molar-refractivity contribution < 1.29 is 13.2 Å². The molecule has 0 aliphatic carbocycles. The monoisotopic (exact) mass is 373 g/mol. The maximum absolute atomic E-state index is 12.4. The molecule has 26 heavy (non-hydrogen) atoms. The van der Waals surface area contributed by atoms with Crippen LogP contribution in [0.3, 0.4) is 0 Å². The second kappa shape index (κ2) is 6.85. The summed E-state index contributed by atoms with van der Waals surface area (Å²) in [5, 5.41) is 10.4. The van der Waals surface area contributed by atoms with Gasteiger partial charge in [-0.05, 0) is 51.1 Å². The Morgan fingerprint density at radius 3 is 2.54 bits per heavy atom. The minimum atomic E-state index is -3.59. The zero-order chi connectivity index (χ0) is 18.9. The third-order valence-electron chi connectivity index (χ3n) is 3.68. The molecule has 0 aliphatic heterocycles. The van der Waals surface area contributed by atoms with Crippen LogP contribution in [0.1, 0.15) is 29.9 Å². The van der Waals surface area contributed by atoms with E-state index in [1.165, 1.54) is 30.5 Å². The van der Waals surface area contributed by atoms with E-state index in [9.17, 15) is 13.2 Å². The van der Waals surface area contributed by atoms with Crippen LogP contribution in [0.15, 0.2) is 41.4 Å². The number of aromatic nitrogens is 3. The number of sulfonamides is 1. The molecule has 0 saturated heterocycles. The summed E-state index contributed by atoms with van der Waals surface area (Å²) in [6, 6.07) is 7.32. The fraction of sp³-hybridized carbons (Fsp3) is 0.235. The fourth-order valence-corrected chi connectivity index (χ4v) is 3.71. The second-order valence-corrected chi connectivity index (χ2v) is 7.91. The van der Waals surface area contributed by atoms with Gasteiger partial charge in [0.05, 0.1) is 16.8 Å². The predicted octanol–water partition coefficient (Wildman–Crippen LogP) is 2.21. The van der Waals surface area contributed by atoms with Crippen molar-refractivity contribution in [3.8, 4) is 0 Å². The minimum Gasteiger partial charge on any atom is -0.321 e. The first-order chi connectivity index (χ1) is 12.3. The maximum Gasteiger partial charge on any atom is 0.255 e. The summed E-state index contributed by atoms with van der Waals surface area (Å²) < 4.78 is 26.7. The largest absolute Gasteiger partial charge is 0.321 e. The molecule has 0 spiro atoms. The Morgan fingerprint density at radius 1 is 1.19 bits per heavy atom. The smallest absolute Gasteiger partial charge is 0.255 e. The number of nitrogens with one attached hydrogen (secondary N) is 3. The van der Waals surface area contributed by atoms with Crippen molar-refractivity contribution in [2.75, 3.05) is 5.32 Å². The normalized spacial score (nSPS) is 11.8. The van der Waals surface area contributed by atoms with Crippen molar-refractivity contribution >= 4 is 32.7 Å². The van der Waals surface area contributed by atoms with Gasteiger partial charge < -0.3 is 5.32 Å². The van der Waals surface area contributed by atoms with Crippen LogP contribution in [0.2, 0.25) is 0 Å². The van der Waals surface area contributed by atoms with Gasteiger partial charge in [0.1, 0.15) is 0 Å². The van der Waals surface area contributed by atoms with Gasteiger partial charge in [0, 0.05) is 22.7 Å². The van der Waals surface area contributed by atoms with Gasteiger partial charge in [0.2, 0.25) is 10.0 Å². The fourth-order valence-electron chi connectivity index (χ4n) is 2.46. The SMILES string of the molecule is Cc1[nH]nc2ncc(NC(=O)c3ccc(S(=O)(=O)NC(C)C)cc3)cc12. The Balaban J connectivity index is 1.78. The molecule has 0 atom stereocenters. The van der Waals surface area contributed by atoms with Crippen LogP contribution in [0.5, 0.6) is 0 Å². The first-order valence-electron chi connectivity index (χ1n) is 8.01. The standard InChI is InChI=1S/C17H19N5O3S/c1-10(2)22-26(24,25)14-6-4-12(5-7-14)17(23)19-13-8-15-11(3)20-21-16(15)18-9-13/h4-10,22H,1-3H3,(H,19,23)(H,18,20,21). The van der Waals surface area contributed by atoms with Crippen LogP contribution in [0, 0.1) is 6.92 Å². The average molecular weight is 373 g/mol. The molecule has 0 fully saturated rings. The van der Waals surface area contributed by atoms with Crippen molar-refractivity contribution in [3.05, 3.63) is 47.8 Å². The number of carbonyl (C=O) groups is 1. The Hall–Kier alpha value is -2.78. The number of nitrogens with zero attached hydrogens (tertiary/aromatic N) is 2. The third-order valence-corrected chi connectivity index (χ3v) is 5.35. The summed E-state index contributed by atoms with van der Waals surface area (Å²) >= 11 is 0. The lowest BCUT2D eigenvalue weighted by Gasteiger charge is -2.10. The van der Waals surface area contributed by atoms with E-state index in [-0.39, 0.29) is 16.8 Å². The van der Waals surface area contributed by atoms with Crippen molar-refractivity contribution in [1.82, 2.24) is 19.9 Å². The number of anilines is 1. The molecule has 9 heteroatoms. The van der Waals surface area contributed by atoms with Crippen LogP contribution in [0.4, 0.5) is 5.69 Å².